The number of nitrogens with one attached hydrogen (secondary N) is 2. The summed E-state index contributed by atoms with van der Waals surface area (Å²) in [6, 6.07) is 15.8. The van der Waals surface area contributed by atoms with Crippen LogP contribution in [-0.4, -0.2) is 31.7 Å². The van der Waals surface area contributed by atoms with E-state index in [0.717, 1.165) is 29.1 Å². The van der Waals surface area contributed by atoms with Gasteiger partial charge in [-0.25, -0.2) is 0 Å². The molecule has 1 aliphatic heterocycles. The average Bonchev–Trinajstić information content (AvgIpc) is 2.65. The zero-order valence-corrected chi connectivity index (χ0v) is 14.6. The number of amides is 1. The molecule has 1 heterocycles. The van der Waals surface area contributed by atoms with Gasteiger partial charge in [0.05, 0.1) is 6.61 Å². The molecule has 132 valence electrons. The molecule has 5 heteroatoms. The van der Waals surface area contributed by atoms with Crippen molar-refractivity contribution in [2.75, 3.05) is 25.0 Å². The fourth-order valence-corrected chi connectivity index (χ4v) is 2.79. The number of hydrogen-bond acceptors (Lipinski definition) is 4. The molecular weight excluding hydrogens is 316 g/mol. The Bertz CT molecular complexity index is 712. The van der Waals surface area contributed by atoms with Gasteiger partial charge in [-0.05, 0) is 43.2 Å². The highest BCUT2D eigenvalue weighted by Crippen LogP contribution is 2.26. The summed E-state index contributed by atoms with van der Waals surface area (Å²) in [5.41, 5.74) is 2.85. The summed E-state index contributed by atoms with van der Waals surface area (Å²) in [5, 5.41) is 6.09. The van der Waals surface area contributed by atoms with Crippen molar-refractivity contribution in [1.82, 2.24) is 5.32 Å². The van der Waals surface area contributed by atoms with Gasteiger partial charge in [-0.1, -0.05) is 30.3 Å². The Morgan fingerprint density at radius 3 is 2.76 bits per heavy atom. The number of rotatable bonds is 5. The highest BCUT2D eigenvalue weighted by molar-refractivity contribution is 5.95. The van der Waals surface area contributed by atoms with Crippen LogP contribution in [0.3, 0.4) is 0 Å². The van der Waals surface area contributed by atoms with E-state index in [1.807, 2.05) is 62.4 Å². The summed E-state index contributed by atoms with van der Waals surface area (Å²) in [6.07, 6.45) is -0.482. The fourth-order valence-electron chi connectivity index (χ4n) is 2.79. The van der Waals surface area contributed by atoms with Crippen molar-refractivity contribution in [1.29, 1.82) is 0 Å². The molecule has 2 aromatic rings. The number of carbonyl (C=O) groups is 1. The van der Waals surface area contributed by atoms with Crippen molar-refractivity contribution in [3.05, 3.63) is 59.7 Å². The first-order valence-electron chi connectivity index (χ1n) is 8.59. The van der Waals surface area contributed by atoms with Gasteiger partial charge in [-0.3, -0.25) is 4.79 Å². The summed E-state index contributed by atoms with van der Waals surface area (Å²) >= 11 is 0. The Kier molecular flexibility index (Phi) is 5.68. The van der Waals surface area contributed by atoms with Gasteiger partial charge in [0.25, 0.3) is 5.91 Å². The van der Waals surface area contributed by atoms with E-state index >= 15 is 0 Å². The minimum Gasteiger partial charge on any atom is -0.486 e. The smallest absolute Gasteiger partial charge is 0.254 e. The molecule has 2 N–H and O–H groups in total. The molecule has 2 aromatic carbocycles. The first-order valence-corrected chi connectivity index (χ1v) is 8.59. The lowest BCUT2D eigenvalue weighted by Crippen LogP contribution is -2.45. The van der Waals surface area contributed by atoms with Crippen LogP contribution in [0.15, 0.2) is 48.5 Å². The lowest BCUT2D eigenvalue weighted by Gasteiger charge is -2.23. The molecule has 0 saturated carbocycles. The molecular formula is C20H24N2O3. The predicted molar refractivity (Wildman–Crippen MR) is 97.9 cm³/mol. The molecule has 0 bridgehead atoms. The van der Waals surface area contributed by atoms with Gasteiger partial charge >= 0.3 is 0 Å². The summed E-state index contributed by atoms with van der Waals surface area (Å²) in [5.74, 6) is 0.657. The number of hydrogen-bond donors (Lipinski definition) is 2. The van der Waals surface area contributed by atoms with Crippen molar-refractivity contribution < 1.29 is 14.3 Å². The van der Waals surface area contributed by atoms with Gasteiger partial charge < -0.3 is 20.1 Å². The molecule has 1 fully saturated rings. The van der Waals surface area contributed by atoms with Crippen LogP contribution in [0.25, 0.3) is 0 Å². The summed E-state index contributed by atoms with van der Waals surface area (Å²) < 4.78 is 11.5. The number of ether oxygens (including phenoxy) is 2. The normalized spacial score (nSPS) is 18.4. The minimum atomic E-state index is -0.442. The van der Waals surface area contributed by atoms with Crippen molar-refractivity contribution in [3.63, 3.8) is 0 Å². The van der Waals surface area contributed by atoms with E-state index in [2.05, 4.69) is 10.6 Å². The molecule has 3 rings (SSSR count). The van der Waals surface area contributed by atoms with Crippen LogP contribution >= 0.6 is 0 Å². The molecule has 2 unspecified atom stereocenters. The quantitative estimate of drug-likeness (QED) is 0.878. The molecule has 1 aliphatic rings. The van der Waals surface area contributed by atoms with Crippen molar-refractivity contribution in [2.24, 2.45) is 0 Å². The maximum Gasteiger partial charge on any atom is 0.254 e. The number of aryl methyl sites for hydroxylation is 1. The maximum atomic E-state index is 12.3. The van der Waals surface area contributed by atoms with Gasteiger partial charge in [0.1, 0.15) is 18.0 Å². The van der Waals surface area contributed by atoms with Gasteiger partial charge in [-0.2, -0.15) is 0 Å². The van der Waals surface area contributed by atoms with E-state index < -0.39 is 6.10 Å². The summed E-state index contributed by atoms with van der Waals surface area (Å²) in [4.78, 5) is 12.3. The second-order valence-corrected chi connectivity index (χ2v) is 6.20. The molecule has 0 radical (unpaired) electrons. The third kappa shape index (κ3) is 4.59. The maximum absolute atomic E-state index is 12.3. The second-order valence-electron chi connectivity index (χ2n) is 6.20. The van der Waals surface area contributed by atoms with E-state index in [1.165, 1.54) is 0 Å². The van der Waals surface area contributed by atoms with Crippen molar-refractivity contribution >= 4 is 11.6 Å². The van der Waals surface area contributed by atoms with E-state index in [0.29, 0.717) is 13.2 Å². The van der Waals surface area contributed by atoms with Gasteiger partial charge in [-0.15, -0.1) is 0 Å². The number of carbonyl (C=O) groups excluding carboxylic acids is 1. The number of anilines is 1. The van der Waals surface area contributed by atoms with Crippen LogP contribution < -0.4 is 15.4 Å². The third-order valence-electron chi connectivity index (χ3n) is 4.26. The van der Waals surface area contributed by atoms with Crippen LogP contribution in [-0.2, 0) is 9.53 Å². The molecule has 0 aromatic heterocycles. The monoisotopic (exact) mass is 340 g/mol. The largest absolute Gasteiger partial charge is 0.486 e. The minimum absolute atomic E-state index is 0.0391. The van der Waals surface area contributed by atoms with Gasteiger partial charge in [0, 0.05) is 18.8 Å². The predicted octanol–water partition coefficient (Wildman–Crippen LogP) is 3.06. The standard InChI is InChI=1S/C20H24N2O3/c1-14-12-17(25-15(2)16-6-4-3-5-7-16)8-9-18(14)22-20(23)19-13-21-10-11-24-19/h3-9,12,15,19,21H,10-11,13H2,1-2H3,(H,22,23). The topological polar surface area (TPSA) is 59.6 Å². The lowest BCUT2D eigenvalue weighted by atomic mass is 10.1. The van der Waals surface area contributed by atoms with Crippen LogP contribution in [0.2, 0.25) is 0 Å². The Morgan fingerprint density at radius 2 is 2.08 bits per heavy atom. The Balaban J connectivity index is 1.63. The van der Waals surface area contributed by atoms with Crippen LogP contribution in [0.5, 0.6) is 5.75 Å². The van der Waals surface area contributed by atoms with Crippen molar-refractivity contribution in [3.8, 4) is 5.75 Å². The SMILES string of the molecule is Cc1cc(OC(C)c2ccccc2)ccc1NC(=O)C1CNCCO1. The third-order valence-corrected chi connectivity index (χ3v) is 4.26. The lowest BCUT2D eigenvalue weighted by molar-refractivity contribution is -0.128. The molecule has 1 saturated heterocycles. The molecule has 5 nitrogen and oxygen atoms in total. The summed E-state index contributed by atoms with van der Waals surface area (Å²) in [7, 11) is 0. The highest BCUT2D eigenvalue weighted by atomic mass is 16.5. The molecule has 0 spiro atoms. The van der Waals surface area contributed by atoms with E-state index in [4.69, 9.17) is 9.47 Å². The molecule has 2 atom stereocenters. The van der Waals surface area contributed by atoms with Crippen molar-refractivity contribution in [2.45, 2.75) is 26.1 Å². The zero-order chi connectivity index (χ0) is 17.6. The Morgan fingerprint density at radius 1 is 1.28 bits per heavy atom. The molecule has 25 heavy (non-hydrogen) atoms. The van der Waals surface area contributed by atoms with Gasteiger partial charge in [0.15, 0.2) is 0 Å². The number of benzene rings is 2. The van der Waals surface area contributed by atoms with Gasteiger partial charge in [0.2, 0.25) is 0 Å². The molecule has 1 amide bonds. The average molecular weight is 340 g/mol. The highest BCUT2D eigenvalue weighted by Gasteiger charge is 2.22. The Hall–Kier alpha value is -2.37. The van der Waals surface area contributed by atoms with E-state index in [9.17, 15) is 4.79 Å². The summed E-state index contributed by atoms with van der Waals surface area (Å²) in [6.45, 7) is 5.86. The zero-order valence-electron chi connectivity index (χ0n) is 14.6. The van der Waals surface area contributed by atoms with Crippen LogP contribution in [0.1, 0.15) is 24.2 Å². The van der Waals surface area contributed by atoms with Crippen LogP contribution in [0.4, 0.5) is 5.69 Å². The van der Waals surface area contributed by atoms with E-state index in [1.54, 1.807) is 0 Å². The Labute approximate surface area is 148 Å². The molecule has 0 aliphatic carbocycles. The number of morpholine rings is 1. The van der Waals surface area contributed by atoms with Crippen LogP contribution in [0, 0.1) is 6.92 Å². The first-order chi connectivity index (χ1) is 12.1. The first kappa shape index (κ1) is 17.5. The fraction of sp³-hybridized carbons (Fsp3) is 0.350. The second kappa shape index (κ2) is 8.14. The van der Waals surface area contributed by atoms with E-state index in [-0.39, 0.29) is 12.0 Å².